The number of anilines is 1. The van der Waals surface area contributed by atoms with Crippen molar-refractivity contribution in [3.05, 3.63) is 65.2 Å². The van der Waals surface area contributed by atoms with Crippen LogP contribution in [0.3, 0.4) is 0 Å². The first-order chi connectivity index (χ1) is 11.2. The van der Waals surface area contributed by atoms with E-state index in [1.165, 1.54) is 0 Å². The van der Waals surface area contributed by atoms with Crippen molar-refractivity contribution in [1.82, 2.24) is 0 Å². The molecule has 2 atom stereocenters. The summed E-state index contributed by atoms with van der Waals surface area (Å²) in [5.41, 5.74) is 3.21. The van der Waals surface area contributed by atoms with Crippen LogP contribution in [0.1, 0.15) is 22.8 Å². The zero-order valence-corrected chi connectivity index (χ0v) is 13.2. The highest BCUT2D eigenvalue weighted by Gasteiger charge is 2.21. The fourth-order valence-corrected chi connectivity index (χ4v) is 2.72. The Bertz CT molecular complexity index is 703. The van der Waals surface area contributed by atoms with E-state index in [0.717, 1.165) is 11.1 Å². The SMILES string of the molecule is OC1C=Cc2c([C@@H](O)CCl)ccc(OCc3ccccc3)c2N1. The molecule has 0 aliphatic carbocycles. The average Bonchev–Trinajstić information content (AvgIpc) is 2.59. The Morgan fingerprint density at radius 1 is 1.17 bits per heavy atom. The quantitative estimate of drug-likeness (QED) is 0.736. The predicted molar refractivity (Wildman–Crippen MR) is 91.6 cm³/mol. The molecule has 3 N–H and O–H groups in total. The fourth-order valence-electron chi connectivity index (χ4n) is 2.56. The maximum absolute atomic E-state index is 10.1. The minimum absolute atomic E-state index is 0.104. The average molecular weight is 332 g/mol. The molecule has 5 heteroatoms. The first-order valence-electron chi connectivity index (χ1n) is 7.39. The molecular formula is C18H18ClNO3. The van der Waals surface area contributed by atoms with Crippen LogP contribution in [0.15, 0.2) is 48.5 Å². The van der Waals surface area contributed by atoms with Gasteiger partial charge >= 0.3 is 0 Å². The van der Waals surface area contributed by atoms with Crippen molar-refractivity contribution < 1.29 is 14.9 Å². The van der Waals surface area contributed by atoms with E-state index >= 15 is 0 Å². The smallest absolute Gasteiger partial charge is 0.144 e. The van der Waals surface area contributed by atoms with Gasteiger partial charge in [0.25, 0.3) is 0 Å². The number of aliphatic hydroxyl groups is 2. The molecule has 1 unspecified atom stereocenters. The summed E-state index contributed by atoms with van der Waals surface area (Å²) >= 11 is 5.76. The van der Waals surface area contributed by atoms with E-state index in [1.807, 2.05) is 30.3 Å². The van der Waals surface area contributed by atoms with Gasteiger partial charge in [0.05, 0.1) is 17.7 Å². The molecule has 0 aromatic heterocycles. The topological polar surface area (TPSA) is 61.7 Å². The van der Waals surface area contributed by atoms with Crippen molar-refractivity contribution >= 4 is 23.4 Å². The second-order valence-electron chi connectivity index (χ2n) is 5.33. The highest BCUT2D eigenvalue weighted by molar-refractivity contribution is 6.18. The molecule has 0 fully saturated rings. The lowest BCUT2D eigenvalue weighted by Crippen LogP contribution is -2.21. The molecule has 1 aliphatic heterocycles. The zero-order valence-electron chi connectivity index (χ0n) is 12.4. The molecule has 1 heterocycles. The Morgan fingerprint density at radius 2 is 1.96 bits per heavy atom. The Balaban J connectivity index is 1.91. The van der Waals surface area contributed by atoms with E-state index in [-0.39, 0.29) is 5.88 Å². The van der Waals surface area contributed by atoms with Crippen molar-refractivity contribution in [2.24, 2.45) is 0 Å². The summed E-state index contributed by atoms with van der Waals surface area (Å²) in [6, 6.07) is 13.4. The summed E-state index contributed by atoms with van der Waals surface area (Å²) in [5.74, 6) is 0.727. The highest BCUT2D eigenvalue weighted by atomic mass is 35.5. The van der Waals surface area contributed by atoms with Gasteiger partial charge < -0.3 is 20.3 Å². The summed E-state index contributed by atoms with van der Waals surface area (Å²) in [6.45, 7) is 0.423. The van der Waals surface area contributed by atoms with E-state index in [0.29, 0.717) is 23.6 Å². The molecule has 0 spiro atoms. The van der Waals surface area contributed by atoms with Gasteiger partial charge in [-0.25, -0.2) is 0 Å². The number of nitrogens with one attached hydrogen (secondary N) is 1. The van der Waals surface area contributed by atoms with Crippen LogP contribution in [-0.2, 0) is 6.61 Å². The van der Waals surface area contributed by atoms with E-state index < -0.39 is 12.3 Å². The van der Waals surface area contributed by atoms with Crippen molar-refractivity contribution in [3.8, 4) is 5.75 Å². The summed E-state index contributed by atoms with van der Waals surface area (Å²) in [4.78, 5) is 0. The Labute approximate surface area is 140 Å². The van der Waals surface area contributed by atoms with Gasteiger partial charge in [-0.1, -0.05) is 42.5 Å². The van der Waals surface area contributed by atoms with Gasteiger partial charge in [-0.15, -0.1) is 11.6 Å². The van der Waals surface area contributed by atoms with Gasteiger partial charge in [0.2, 0.25) is 0 Å². The lowest BCUT2D eigenvalue weighted by Gasteiger charge is -2.24. The van der Waals surface area contributed by atoms with Gasteiger partial charge in [0, 0.05) is 5.56 Å². The third-order valence-corrected chi connectivity index (χ3v) is 4.01. The van der Waals surface area contributed by atoms with Crippen LogP contribution >= 0.6 is 11.6 Å². The first-order valence-corrected chi connectivity index (χ1v) is 7.93. The van der Waals surface area contributed by atoms with Gasteiger partial charge in [0.1, 0.15) is 18.6 Å². The molecule has 1 aliphatic rings. The third kappa shape index (κ3) is 3.50. The monoisotopic (exact) mass is 331 g/mol. The number of aliphatic hydroxyl groups excluding tert-OH is 2. The van der Waals surface area contributed by atoms with Crippen LogP contribution in [-0.4, -0.2) is 22.3 Å². The molecule has 120 valence electrons. The minimum atomic E-state index is -0.787. The number of alkyl halides is 1. The molecule has 2 aromatic rings. The molecule has 23 heavy (non-hydrogen) atoms. The molecule has 0 saturated heterocycles. The summed E-state index contributed by atoms with van der Waals surface area (Å²) in [6.07, 6.45) is 1.84. The highest BCUT2D eigenvalue weighted by Crippen LogP contribution is 2.38. The first kappa shape index (κ1) is 15.9. The molecule has 0 bridgehead atoms. The standard InChI is InChI=1S/C18H18ClNO3/c19-10-15(21)13-6-8-16(18-14(13)7-9-17(22)20-18)23-11-12-4-2-1-3-5-12/h1-9,15,17,20-22H,10-11H2/t15-,17?/m0/s1. The van der Waals surface area contributed by atoms with Crippen LogP contribution in [0.2, 0.25) is 0 Å². The van der Waals surface area contributed by atoms with Crippen LogP contribution < -0.4 is 10.1 Å². The number of fused-ring (bicyclic) bond motifs is 1. The van der Waals surface area contributed by atoms with Crippen molar-refractivity contribution in [2.75, 3.05) is 11.2 Å². The predicted octanol–water partition coefficient (Wildman–Crippen LogP) is 3.29. The maximum Gasteiger partial charge on any atom is 0.144 e. The second kappa shape index (κ2) is 7.04. The zero-order chi connectivity index (χ0) is 16.2. The number of benzene rings is 2. The largest absolute Gasteiger partial charge is 0.487 e. The van der Waals surface area contributed by atoms with Crippen molar-refractivity contribution in [3.63, 3.8) is 0 Å². The van der Waals surface area contributed by atoms with Crippen LogP contribution in [0.5, 0.6) is 5.75 Å². The summed E-state index contributed by atoms with van der Waals surface area (Å²) in [5, 5.41) is 22.8. The fraction of sp³-hybridized carbons (Fsp3) is 0.222. The Hall–Kier alpha value is -2.01. The van der Waals surface area contributed by atoms with Crippen LogP contribution in [0.4, 0.5) is 5.69 Å². The molecule has 3 rings (SSSR count). The lowest BCUT2D eigenvalue weighted by atomic mass is 9.98. The number of hydrogen-bond acceptors (Lipinski definition) is 4. The summed E-state index contributed by atoms with van der Waals surface area (Å²) < 4.78 is 5.89. The van der Waals surface area contributed by atoms with Gasteiger partial charge in [0.15, 0.2) is 0 Å². The second-order valence-corrected chi connectivity index (χ2v) is 5.64. The van der Waals surface area contributed by atoms with E-state index in [1.54, 1.807) is 24.3 Å². The normalized spacial score (nSPS) is 17.3. The molecule has 4 nitrogen and oxygen atoms in total. The molecule has 0 radical (unpaired) electrons. The van der Waals surface area contributed by atoms with E-state index in [2.05, 4.69) is 5.32 Å². The van der Waals surface area contributed by atoms with E-state index in [9.17, 15) is 10.2 Å². The number of hydrogen-bond donors (Lipinski definition) is 3. The number of halogens is 1. The van der Waals surface area contributed by atoms with Crippen LogP contribution in [0, 0.1) is 0 Å². The molecule has 0 amide bonds. The third-order valence-electron chi connectivity index (χ3n) is 3.72. The maximum atomic E-state index is 10.1. The molecule has 0 saturated carbocycles. The van der Waals surface area contributed by atoms with Gasteiger partial charge in [-0.05, 0) is 23.3 Å². The van der Waals surface area contributed by atoms with Gasteiger partial charge in [-0.2, -0.15) is 0 Å². The van der Waals surface area contributed by atoms with Crippen molar-refractivity contribution in [2.45, 2.75) is 18.9 Å². The van der Waals surface area contributed by atoms with Crippen LogP contribution in [0.25, 0.3) is 6.08 Å². The lowest BCUT2D eigenvalue weighted by molar-refractivity contribution is 0.202. The van der Waals surface area contributed by atoms with E-state index in [4.69, 9.17) is 16.3 Å². The number of ether oxygens (including phenoxy) is 1. The van der Waals surface area contributed by atoms with Crippen molar-refractivity contribution in [1.29, 1.82) is 0 Å². The minimum Gasteiger partial charge on any atom is -0.487 e. The van der Waals surface area contributed by atoms with Gasteiger partial charge in [-0.3, -0.25) is 0 Å². The molecule has 2 aromatic carbocycles. The Kier molecular flexibility index (Phi) is 4.86. The molecular weight excluding hydrogens is 314 g/mol. The number of rotatable bonds is 5. The summed E-state index contributed by atoms with van der Waals surface area (Å²) in [7, 11) is 0. The Morgan fingerprint density at radius 3 is 2.70 bits per heavy atom.